The van der Waals surface area contributed by atoms with Crippen LogP contribution >= 0.6 is 11.6 Å². The summed E-state index contributed by atoms with van der Waals surface area (Å²) >= 11 is 5.97. The van der Waals surface area contributed by atoms with Gasteiger partial charge in [-0.2, -0.15) is 0 Å². The Labute approximate surface area is 116 Å². The van der Waals surface area contributed by atoms with Crippen molar-refractivity contribution in [1.82, 2.24) is 0 Å². The van der Waals surface area contributed by atoms with Crippen LogP contribution in [0.1, 0.15) is 56.5 Å². The van der Waals surface area contributed by atoms with Crippen LogP contribution in [0.15, 0.2) is 18.2 Å². The fourth-order valence-corrected chi connectivity index (χ4v) is 2.49. The van der Waals surface area contributed by atoms with Crippen molar-refractivity contribution in [3.63, 3.8) is 0 Å². The van der Waals surface area contributed by atoms with E-state index < -0.39 is 0 Å². The predicted molar refractivity (Wildman–Crippen MR) is 78.4 cm³/mol. The molecule has 18 heavy (non-hydrogen) atoms. The monoisotopic (exact) mass is 266 g/mol. The minimum absolute atomic E-state index is 0.214. The van der Waals surface area contributed by atoms with Gasteiger partial charge in [-0.05, 0) is 48.4 Å². The van der Waals surface area contributed by atoms with Crippen LogP contribution < -0.4 is 0 Å². The molecule has 1 aromatic rings. The summed E-state index contributed by atoms with van der Waals surface area (Å²) in [6, 6.07) is 5.51. The first-order chi connectivity index (χ1) is 8.19. The number of ketones is 1. The maximum absolute atomic E-state index is 12.2. The number of hydrogen-bond donors (Lipinski definition) is 0. The van der Waals surface area contributed by atoms with Gasteiger partial charge in [0.1, 0.15) is 0 Å². The molecule has 0 saturated carbocycles. The number of rotatable bonds is 4. The average molecular weight is 267 g/mol. The molecule has 0 amide bonds. The lowest BCUT2D eigenvalue weighted by Crippen LogP contribution is -2.14. The van der Waals surface area contributed by atoms with Crippen LogP contribution in [-0.4, -0.2) is 5.78 Å². The van der Waals surface area contributed by atoms with Crippen molar-refractivity contribution in [2.75, 3.05) is 0 Å². The highest BCUT2D eigenvalue weighted by Crippen LogP contribution is 2.27. The summed E-state index contributed by atoms with van der Waals surface area (Å²) in [6.07, 6.45) is 1.67. The van der Waals surface area contributed by atoms with Gasteiger partial charge in [0.15, 0.2) is 5.78 Å². The Morgan fingerprint density at radius 3 is 2.44 bits per heavy atom. The molecule has 1 nitrogen and oxygen atoms in total. The SMILES string of the molecule is Cc1cc(C(=O)CC(C)CC(C)(C)C)ccc1Cl. The molecule has 0 saturated heterocycles. The van der Waals surface area contributed by atoms with Crippen LogP contribution in [-0.2, 0) is 0 Å². The lowest BCUT2D eigenvalue weighted by Gasteiger charge is -2.22. The molecule has 2 heteroatoms. The lowest BCUT2D eigenvalue weighted by atomic mass is 9.83. The second kappa shape index (κ2) is 5.88. The lowest BCUT2D eigenvalue weighted by molar-refractivity contribution is 0.0954. The van der Waals surface area contributed by atoms with Crippen LogP contribution in [0.25, 0.3) is 0 Å². The van der Waals surface area contributed by atoms with E-state index >= 15 is 0 Å². The van der Waals surface area contributed by atoms with Gasteiger partial charge in [0.05, 0.1) is 0 Å². The highest BCUT2D eigenvalue weighted by Gasteiger charge is 2.18. The van der Waals surface area contributed by atoms with Gasteiger partial charge >= 0.3 is 0 Å². The number of halogens is 1. The third kappa shape index (κ3) is 4.81. The summed E-state index contributed by atoms with van der Waals surface area (Å²) in [6.45, 7) is 10.7. The molecule has 0 fully saturated rings. The highest BCUT2D eigenvalue weighted by molar-refractivity contribution is 6.31. The van der Waals surface area contributed by atoms with E-state index in [1.165, 1.54) is 0 Å². The summed E-state index contributed by atoms with van der Waals surface area (Å²) < 4.78 is 0. The van der Waals surface area contributed by atoms with Gasteiger partial charge in [0.25, 0.3) is 0 Å². The van der Waals surface area contributed by atoms with Crippen molar-refractivity contribution in [3.8, 4) is 0 Å². The molecule has 0 aliphatic heterocycles. The minimum atomic E-state index is 0.214. The molecule has 1 unspecified atom stereocenters. The first-order valence-electron chi connectivity index (χ1n) is 6.48. The first kappa shape index (κ1) is 15.2. The average Bonchev–Trinajstić information content (AvgIpc) is 2.18. The van der Waals surface area contributed by atoms with Crippen molar-refractivity contribution in [3.05, 3.63) is 34.3 Å². The number of carbonyl (C=O) groups excluding carboxylic acids is 1. The summed E-state index contributed by atoms with van der Waals surface area (Å²) in [7, 11) is 0. The maximum atomic E-state index is 12.2. The Balaban J connectivity index is 2.68. The third-order valence-corrected chi connectivity index (χ3v) is 3.40. The molecule has 100 valence electrons. The van der Waals surface area contributed by atoms with E-state index in [0.717, 1.165) is 17.5 Å². The van der Waals surface area contributed by atoms with Crippen LogP contribution in [0.5, 0.6) is 0 Å². The number of Topliss-reactive ketones (excluding diaryl/α,β-unsaturated/α-hetero) is 1. The van der Waals surface area contributed by atoms with Gasteiger partial charge in [0.2, 0.25) is 0 Å². The highest BCUT2D eigenvalue weighted by atomic mass is 35.5. The second-order valence-electron chi connectivity index (χ2n) is 6.46. The van der Waals surface area contributed by atoms with E-state index in [1.807, 2.05) is 19.1 Å². The van der Waals surface area contributed by atoms with Gasteiger partial charge < -0.3 is 0 Å². The van der Waals surface area contributed by atoms with Crippen molar-refractivity contribution in [1.29, 1.82) is 0 Å². The molecule has 1 rings (SSSR count). The van der Waals surface area contributed by atoms with E-state index in [9.17, 15) is 4.79 Å². The molecule has 0 bridgehead atoms. The summed E-state index contributed by atoms with van der Waals surface area (Å²) in [5.74, 6) is 0.625. The van der Waals surface area contributed by atoms with E-state index in [2.05, 4.69) is 27.7 Å². The smallest absolute Gasteiger partial charge is 0.163 e. The van der Waals surface area contributed by atoms with E-state index in [0.29, 0.717) is 17.4 Å². The van der Waals surface area contributed by atoms with Gasteiger partial charge in [-0.1, -0.05) is 39.3 Å². The summed E-state index contributed by atoms with van der Waals surface area (Å²) in [5, 5.41) is 0.717. The fraction of sp³-hybridized carbons (Fsp3) is 0.562. The number of carbonyl (C=O) groups is 1. The molecule has 0 aromatic heterocycles. The van der Waals surface area contributed by atoms with Crippen molar-refractivity contribution < 1.29 is 4.79 Å². The molecule has 0 radical (unpaired) electrons. The van der Waals surface area contributed by atoms with E-state index in [1.54, 1.807) is 6.07 Å². The minimum Gasteiger partial charge on any atom is -0.294 e. The molecule has 1 atom stereocenters. The Morgan fingerprint density at radius 1 is 1.33 bits per heavy atom. The Hall–Kier alpha value is -0.820. The van der Waals surface area contributed by atoms with Crippen molar-refractivity contribution in [2.45, 2.75) is 47.5 Å². The Bertz CT molecular complexity index is 429. The zero-order valence-corrected chi connectivity index (χ0v) is 12.8. The van der Waals surface area contributed by atoms with E-state index in [-0.39, 0.29) is 11.2 Å². The third-order valence-electron chi connectivity index (χ3n) is 2.97. The van der Waals surface area contributed by atoms with Gasteiger partial charge in [-0.15, -0.1) is 0 Å². The van der Waals surface area contributed by atoms with Crippen LogP contribution in [0, 0.1) is 18.3 Å². The maximum Gasteiger partial charge on any atom is 0.163 e. The molecule has 0 spiro atoms. The van der Waals surface area contributed by atoms with Crippen LogP contribution in [0.2, 0.25) is 5.02 Å². The Kier molecular flexibility index (Phi) is 4.98. The topological polar surface area (TPSA) is 17.1 Å². The van der Waals surface area contributed by atoms with Crippen LogP contribution in [0.4, 0.5) is 0 Å². The van der Waals surface area contributed by atoms with Gasteiger partial charge in [0, 0.05) is 17.0 Å². The zero-order valence-electron chi connectivity index (χ0n) is 12.0. The largest absolute Gasteiger partial charge is 0.294 e. The van der Waals surface area contributed by atoms with Crippen molar-refractivity contribution >= 4 is 17.4 Å². The second-order valence-corrected chi connectivity index (χ2v) is 6.87. The van der Waals surface area contributed by atoms with E-state index in [4.69, 9.17) is 11.6 Å². The number of hydrogen-bond acceptors (Lipinski definition) is 1. The molecule has 0 aliphatic rings. The molecule has 0 aliphatic carbocycles. The molecular weight excluding hydrogens is 244 g/mol. The quantitative estimate of drug-likeness (QED) is 0.677. The van der Waals surface area contributed by atoms with Gasteiger partial charge in [-0.25, -0.2) is 0 Å². The standard InChI is InChI=1S/C16H23ClO/c1-11(10-16(3,4)5)8-15(18)13-6-7-14(17)12(2)9-13/h6-7,9,11H,8,10H2,1-5H3. The number of benzene rings is 1. The molecular formula is C16H23ClO. The van der Waals surface area contributed by atoms with Crippen LogP contribution in [0.3, 0.4) is 0 Å². The fourth-order valence-electron chi connectivity index (χ4n) is 2.37. The van der Waals surface area contributed by atoms with Crippen molar-refractivity contribution in [2.24, 2.45) is 11.3 Å². The molecule has 0 heterocycles. The first-order valence-corrected chi connectivity index (χ1v) is 6.86. The normalized spacial score (nSPS) is 13.4. The molecule has 1 aromatic carbocycles. The Morgan fingerprint density at radius 2 is 1.94 bits per heavy atom. The number of aryl methyl sites for hydroxylation is 1. The predicted octanol–water partition coefficient (Wildman–Crippen LogP) is 5.29. The summed E-state index contributed by atoms with van der Waals surface area (Å²) in [5.41, 5.74) is 2.01. The molecule has 0 N–H and O–H groups in total. The zero-order chi connectivity index (χ0) is 13.9. The summed E-state index contributed by atoms with van der Waals surface area (Å²) in [4.78, 5) is 12.2. The van der Waals surface area contributed by atoms with Gasteiger partial charge in [-0.3, -0.25) is 4.79 Å².